The van der Waals surface area contributed by atoms with Gasteiger partial charge in [-0.3, -0.25) is 9.59 Å². The van der Waals surface area contributed by atoms with Crippen LogP contribution >= 0.6 is 0 Å². The van der Waals surface area contributed by atoms with E-state index in [4.69, 9.17) is 14.6 Å². The van der Waals surface area contributed by atoms with E-state index in [0.29, 0.717) is 6.42 Å². The monoisotopic (exact) mass is 298 g/mol. The topological polar surface area (TPSA) is 89.9 Å². The van der Waals surface area contributed by atoms with Gasteiger partial charge in [-0.15, -0.1) is 6.58 Å². The van der Waals surface area contributed by atoms with Crippen molar-refractivity contribution in [2.24, 2.45) is 5.41 Å². The maximum Gasteiger partial charge on any atom is 0.331 e. The Bertz CT molecular complexity index is 406. The molecule has 1 N–H and O–H groups in total. The molecule has 0 spiro atoms. The third-order valence-electron chi connectivity index (χ3n) is 2.93. The second-order valence-corrected chi connectivity index (χ2v) is 4.44. The molecule has 0 aromatic carbocycles. The molecule has 0 unspecified atom stereocenters. The molecule has 6 heteroatoms. The summed E-state index contributed by atoms with van der Waals surface area (Å²) in [7, 11) is 0. The van der Waals surface area contributed by atoms with E-state index >= 15 is 0 Å². The SMILES string of the molecule is C=CCCC(CC(=C)C(=O)O)(C(=O)OCC)C(=O)OCC. The van der Waals surface area contributed by atoms with Crippen molar-refractivity contribution in [3.63, 3.8) is 0 Å². The van der Waals surface area contributed by atoms with Crippen LogP contribution in [0.3, 0.4) is 0 Å². The molecule has 0 heterocycles. The summed E-state index contributed by atoms with van der Waals surface area (Å²) in [6.45, 7) is 10.3. The highest BCUT2D eigenvalue weighted by molar-refractivity contribution is 6.02. The van der Waals surface area contributed by atoms with Gasteiger partial charge in [0.1, 0.15) is 0 Å². The van der Waals surface area contributed by atoms with Gasteiger partial charge in [-0.25, -0.2) is 4.79 Å². The number of hydrogen-bond donors (Lipinski definition) is 1. The average molecular weight is 298 g/mol. The summed E-state index contributed by atoms with van der Waals surface area (Å²) in [5.74, 6) is -2.87. The van der Waals surface area contributed by atoms with Crippen molar-refractivity contribution >= 4 is 17.9 Å². The first kappa shape index (κ1) is 18.9. The van der Waals surface area contributed by atoms with Crippen molar-refractivity contribution in [3.8, 4) is 0 Å². The molecule has 0 aromatic rings. The fourth-order valence-corrected chi connectivity index (χ4v) is 1.85. The average Bonchev–Trinajstić information content (AvgIpc) is 2.43. The minimum absolute atomic E-state index is 0.0560. The van der Waals surface area contributed by atoms with Gasteiger partial charge < -0.3 is 14.6 Å². The van der Waals surface area contributed by atoms with Gasteiger partial charge in [0.2, 0.25) is 0 Å². The number of aliphatic carboxylic acids is 1. The fraction of sp³-hybridized carbons (Fsp3) is 0.533. The molecule has 0 radical (unpaired) electrons. The largest absolute Gasteiger partial charge is 0.478 e. The molecule has 0 rings (SSSR count). The zero-order chi connectivity index (χ0) is 16.5. The minimum atomic E-state index is -1.70. The van der Waals surface area contributed by atoms with Crippen molar-refractivity contribution in [1.29, 1.82) is 0 Å². The van der Waals surface area contributed by atoms with E-state index in [-0.39, 0.29) is 31.6 Å². The molecule has 0 bridgehead atoms. The summed E-state index contributed by atoms with van der Waals surface area (Å²) in [4.78, 5) is 35.5. The lowest BCUT2D eigenvalue weighted by Crippen LogP contribution is -2.43. The molecule has 118 valence electrons. The van der Waals surface area contributed by atoms with Crippen LogP contribution in [0.25, 0.3) is 0 Å². The van der Waals surface area contributed by atoms with Crippen LogP contribution in [-0.2, 0) is 23.9 Å². The Kier molecular flexibility index (Phi) is 8.04. The number of rotatable bonds is 10. The number of carboxylic acid groups (broad SMARTS) is 1. The second kappa shape index (κ2) is 8.94. The van der Waals surface area contributed by atoms with Gasteiger partial charge in [0, 0.05) is 12.0 Å². The lowest BCUT2D eigenvalue weighted by molar-refractivity contribution is -0.172. The van der Waals surface area contributed by atoms with Crippen LogP contribution in [0.4, 0.5) is 0 Å². The molecule has 0 aromatic heterocycles. The molecule has 0 saturated heterocycles. The lowest BCUT2D eigenvalue weighted by atomic mass is 9.77. The van der Waals surface area contributed by atoms with Crippen molar-refractivity contribution in [2.75, 3.05) is 13.2 Å². The van der Waals surface area contributed by atoms with Crippen LogP contribution in [0, 0.1) is 5.41 Å². The summed E-state index contributed by atoms with van der Waals surface area (Å²) in [5.41, 5.74) is -1.95. The predicted molar refractivity (Wildman–Crippen MR) is 76.5 cm³/mol. The highest BCUT2D eigenvalue weighted by Gasteiger charge is 2.49. The summed E-state index contributed by atoms with van der Waals surface area (Å²) in [5, 5.41) is 8.97. The molecule has 21 heavy (non-hydrogen) atoms. The normalized spacial score (nSPS) is 10.6. The summed E-state index contributed by atoms with van der Waals surface area (Å²) in [6.07, 6.45) is 1.58. The fourth-order valence-electron chi connectivity index (χ4n) is 1.85. The van der Waals surface area contributed by atoms with Crippen molar-refractivity contribution in [3.05, 3.63) is 24.8 Å². The molecular formula is C15H22O6. The number of carbonyl (C=O) groups is 3. The number of ether oxygens (including phenoxy) is 2. The molecule has 0 aliphatic carbocycles. The van der Waals surface area contributed by atoms with E-state index in [0.717, 1.165) is 0 Å². The second-order valence-electron chi connectivity index (χ2n) is 4.44. The van der Waals surface area contributed by atoms with Crippen molar-refractivity contribution in [2.45, 2.75) is 33.1 Å². The number of allylic oxidation sites excluding steroid dienone is 1. The number of hydrogen-bond acceptors (Lipinski definition) is 5. The summed E-state index contributed by atoms with van der Waals surface area (Å²) in [6, 6.07) is 0. The van der Waals surface area contributed by atoms with Crippen LogP contribution < -0.4 is 0 Å². The van der Waals surface area contributed by atoms with E-state index in [1.807, 2.05) is 0 Å². The summed E-state index contributed by atoms with van der Waals surface area (Å²) >= 11 is 0. The van der Waals surface area contributed by atoms with E-state index in [2.05, 4.69) is 13.2 Å². The van der Waals surface area contributed by atoms with Gasteiger partial charge in [-0.05, 0) is 26.7 Å². The van der Waals surface area contributed by atoms with E-state index in [1.165, 1.54) is 6.08 Å². The molecule has 0 aliphatic heterocycles. The first-order chi connectivity index (χ1) is 9.85. The van der Waals surface area contributed by atoms with Gasteiger partial charge in [-0.2, -0.15) is 0 Å². The maximum absolute atomic E-state index is 12.3. The zero-order valence-electron chi connectivity index (χ0n) is 12.5. The quantitative estimate of drug-likeness (QED) is 0.287. The van der Waals surface area contributed by atoms with Crippen LogP contribution in [0.15, 0.2) is 24.8 Å². The van der Waals surface area contributed by atoms with Crippen LogP contribution in [0.1, 0.15) is 33.1 Å². The molecule has 0 aliphatic rings. The third kappa shape index (κ3) is 5.06. The molecule has 0 amide bonds. The van der Waals surface area contributed by atoms with Gasteiger partial charge in [0.05, 0.1) is 13.2 Å². The van der Waals surface area contributed by atoms with Crippen LogP contribution in [0.5, 0.6) is 0 Å². The molecule has 0 saturated carbocycles. The molecular weight excluding hydrogens is 276 g/mol. The van der Waals surface area contributed by atoms with Gasteiger partial charge in [0.15, 0.2) is 5.41 Å². The standard InChI is InChI=1S/C15H22O6/c1-5-8-9-15(13(18)20-6-2,14(19)21-7-3)10-11(4)12(16)17/h5H,1,4,6-10H2,2-3H3,(H,16,17). The summed E-state index contributed by atoms with van der Waals surface area (Å²) < 4.78 is 9.89. The van der Waals surface area contributed by atoms with E-state index in [9.17, 15) is 14.4 Å². The molecule has 6 nitrogen and oxygen atoms in total. The van der Waals surface area contributed by atoms with Crippen LogP contribution in [-0.4, -0.2) is 36.2 Å². The Hall–Kier alpha value is -2.11. The first-order valence-electron chi connectivity index (χ1n) is 6.72. The van der Waals surface area contributed by atoms with Crippen molar-refractivity contribution in [1.82, 2.24) is 0 Å². The van der Waals surface area contributed by atoms with Gasteiger partial charge in [-0.1, -0.05) is 12.7 Å². The molecule has 0 atom stereocenters. The maximum atomic E-state index is 12.3. The Balaban J connectivity index is 5.63. The first-order valence-corrected chi connectivity index (χ1v) is 6.72. The Morgan fingerprint density at radius 1 is 1.14 bits per heavy atom. The number of carboxylic acids is 1. The molecule has 0 fully saturated rings. The van der Waals surface area contributed by atoms with E-state index < -0.39 is 23.3 Å². The van der Waals surface area contributed by atoms with E-state index in [1.54, 1.807) is 13.8 Å². The Morgan fingerprint density at radius 2 is 1.62 bits per heavy atom. The van der Waals surface area contributed by atoms with Gasteiger partial charge in [0.25, 0.3) is 0 Å². The smallest absolute Gasteiger partial charge is 0.331 e. The highest BCUT2D eigenvalue weighted by Crippen LogP contribution is 2.35. The Labute approximate surface area is 124 Å². The predicted octanol–water partition coefficient (Wildman–Crippen LogP) is 2.10. The Morgan fingerprint density at radius 3 is 1.95 bits per heavy atom. The number of carbonyl (C=O) groups excluding carboxylic acids is 2. The van der Waals surface area contributed by atoms with Crippen molar-refractivity contribution < 1.29 is 29.0 Å². The van der Waals surface area contributed by atoms with Crippen LogP contribution in [0.2, 0.25) is 0 Å². The highest BCUT2D eigenvalue weighted by atomic mass is 16.6. The lowest BCUT2D eigenvalue weighted by Gasteiger charge is -2.28. The number of esters is 2. The third-order valence-corrected chi connectivity index (χ3v) is 2.93. The minimum Gasteiger partial charge on any atom is -0.478 e. The van der Waals surface area contributed by atoms with Gasteiger partial charge >= 0.3 is 17.9 Å². The zero-order valence-corrected chi connectivity index (χ0v) is 12.5.